The van der Waals surface area contributed by atoms with Gasteiger partial charge in [-0.05, 0) is 47.2 Å². The summed E-state index contributed by atoms with van der Waals surface area (Å²) in [7, 11) is 0. The van der Waals surface area contributed by atoms with Gasteiger partial charge in [0.15, 0.2) is 0 Å². The molecule has 3 aromatic rings. The molecular formula is C29H34FN3O2. The van der Waals surface area contributed by atoms with Crippen molar-refractivity contribution in [1.82, 2.24) is 14.4 Å². The first-order valence-corrected chi connectivity index (χ1v) is 12.3. The molecule has 2 heterocycles. The fraction of sp³-hybridized carbons (Fsp3) is 0.379. The maximum Gasteiger partial charge on any atom is 0.257 e. The summed E-state index contributed by atoms with van der Waals surface area (Å²) in [5.41, 5.74) is 3.35. The number of rotatable bonds is 6. The van der Waals surface area contributed by atoms with Crippen LogP contribution in [0.4, 0.5) is 4.39 Å². The zero-order chi connectivity index (χ0) is 25.2. The Labute approximate surface area is 207 Å². The summed E-state index contributed by atoms with van der Waals surface area (Å²) in [5, 5.41) is 0. The molecule has 0 saturated heterocycles. The maximum atomic E-state index is 14.3. The first kappa shape index (κ1) is 24.7. The molecule has 1 atom stereocenters. The third-order valence-electron chi connectivity index (χ3n) is 6.66. The Morgan fingerprint density at radius 3 is 2.37 bits per heavy atom. The number of hydrogen-bond acceptors (Lipinski definition) is 2. The third kappa shape index (κ3) is 5.16. The molecule has 0 fully saturated rings. The highest BCUT2D eigenvalue weighted by Crippen LogP contribution is 2.34. The van der Waals surface area contributed by atoms with Crippen LogP contribution in [0.5, 0.6) is 0 Å². The Morgan fingerprint density at radius 1 is 1.00 bits per heavy atom. The van der Waals surface area contributed by atoms with Crippen LogP contribution in [0, 0.1) is 5.82 Å². The van der Waals surface area contributed by atoms with E-state index in [0.29, 0.717) is 26.1 Å². The number of fused-ring (bicyclic) bond motifs is 1. The van der Waals surface area contributed by atoms with Gasteiger partial charge in [0.25, 0.3) is 5.91 Å². The first-order valence-electron chi connectivity index (χ1n) is 12.3. The summed E-state index contributed by atoms with van der Waals surface area (Å²) >= 11 is 0. The van der Waals surface area contributed by atoms with Crippen LogP contribution in [-0.4, -0.2) is 45.8 Å². The lowest BCUT2D eigenvalue weighted by molar-refractivity contribution is -0.134. The molecule has 0 spiro atoms. The molecule has 2 aromatic carbocycles. The van der Waals surface area contributed by atoms with E-state index in [-0.39, 0.29) is 29.5 Å². The van der Waals surface area contributed by atoms with Crippen LogP contribution in [0.3, 0.4) is 0 Å². The van der Waals surface area contributed by atoms with E-state index in [0.717, 1.165) is 11.3 Å². The van der Waals surface area contributed by atoms with Gasteiger partial charge in [0.05, 0.1) is 11.6 Å². The molecular weight excluding hydrogens is 441 g/mol. The normalized spacial score (nSPS) is 15.6. The summed E-state index contributed by atoms with van der Waals surface area (Å²) < 4.78 is 16.5. The Bertz CT molecular complexity index is 1190. The number of amides is 2. The van der Waals surface area contributed by atoms with Crippen molar-refractivity contribution in [2.24, 2.45) is 0 Å². The van der Waals surface area contributed by atoms with Crippen molar-refractivity contribution < 1.29 is 14.0 Å². The number of nitrogens with zero attached hydrogens (tertiary/aromatic N) is 3. The molecule has 0 saturated carbocycles. The van der Waals surface area contributed by atoms with Gasteiger partial charge in [-0.15, -0.1) is 0 Å². The highest BCUT2D eigenvalue weighted by Gasteiger charge is 2.34. The summed E-state index contributed by atoms with van der Waals surface area (Å²) in [5.74, 6) is -1.16. The molecule has 1 aliphatic rings. The van der Waals surface area contributed by atoms with Crippen molar-refractivity contribution in [3.63, 3.8) is 0 Å². The summed E-state index contributed by atoms with van der Waals surface area (Å²) in [6.45, 7) is 10.0. The van der Waals surface area contributed by atoms with Crippen molar-refractivity contribution in [3.8, 4) is 0 Å². The van der Waals surface area contributed by atoms with E-state index < -0.39 is 11.7 Å². The molecule has 2 amide bonds. The maximum absolute atomic E-state index is 14.3. The van der Waals surface area contributed by atoms with Crippen molar-refractivity contribution >= 4 is 11.8 Å². The van der Waals surface area contributed by atoms with E-state index >= 15 is 0 Å². The van der Waals surface area contributed by atoms with E-state index in [4.69, 9.17) is 0 Å². The van der Waals surface area contributed by atoms with Crippen LogP contribution in [-0.2, 0) is 16.8 Å². The number of benzene rings is 2. The average molecular weight is 476 g/mol. The molecule has 0 bridgehead atoms. The van der Waals surface area contributed by atoms with E-state index in [1.165, 1.54) is 22.6 Å². The minimum Gasteiger partial charge on any atom is -0.348 e. The average Bonchev–Trinajstić information content (AvgIpc) is 3.31. The van der Waals surface area contributed by atoms with E-state index in [1.807, 2.05) is 24.1 Å². The lowest BCUT2D eigenvalue weighted by Gasteiger charge is -2.38. The number of carbonyl (C=O) groups excluding carboxylic acids is 2. The second-order valence-electron chi connectivity index (χ2n) is 10.2. The van der Waals surface area contributed by atoms with E-state index in [1.54, 1.807) is 12.1 Å². The molecule has 5 nitrogen and oxygen atoms in total. The van der Waals surface area contributed by atoms with Gasteiger partial charge < -0.3 is 14.4 Å². The van der Waals surface area contributed by atoms with E-state index in [2.05, 4.69) is 55.7 Å². The predicted octanol–water partition coefficient (Wildman–Crippen LogP) is 5.41. The second kappa shape index (κ2) is 10.1. The molecule has 0 aliphatic carbocycles. The third-order valence-corrected chi connectivity index (χ3v) is 6.66. The predicted molar refractivity (Wildman–Crippen MR) is 136 cm³/mol. The molecule has 35 heavy (non-hydrogen) atoms. The standard InChI is InChI=1S/C29H34FN3O2/c1-5-16-32(28(35)23-9-6-7-10-24(23)30)20-26(34)33-19-18-31-17-8-11-25(31)27(33)21-12-14-22(15-13-21)29(2,3)4/h6-15,17,27H,5,16,18-20H2,1-4H3/t27-/m1/s1. The minimum atomic E-state index is -0.571. The fourth-order valence-corrected chi connectivity index (χ4v) is 4.75. The summed E-state index contributed by atoms with van der Waals surface area (Å²) in [6, 6.07) is 18.2. The van der Waals surface area contributed by atoms with Gasteiger partial charge in [0.2, 0.25) is 5.91 Å². The van der Waals surface area contributed by atoms with Gasteiger partial charge in [-0.25, -0.2) is 4.39 Å². The lowest BCUT2D eigenvalue weighted by atomic mass is 9.86. The van der Waals surface area contributed by atoms with Crippen molar-refractivity contribution in [2.75, 3.05) is 19.6 Å². The molecule has 1 aromatic heterocycles. The van der Waals surface area contributed by atoms with Crippen LogP contribution in [0.1, 0.15) is 67.3 Å². The molecule has 0 unspecified atom stereocenters. The quantitative estimate of drug-likeness (QED) is 0.479. The monoisotopic (exact) mass is 475 g/mol. The van der Waals surface area contributed by atoms with Gasteiger partial charge in [0.1, 0.15) is 12.4 Å². The Balaban J connectivity index is 1.63. The van der Waals surface area contributed by atoms with Crippen molar-refractivity contribution in [1.29, 1.82) is 0 Å². The number of halogens is 1. The largest absolute Gasteiger partial charge is 0.348 e. The lowest BCUT2D eigenvalue weighted by Crippen LogP contribution is -2.48. The highest BCUT2D eigenvalue weighted by atomic mass is 19.1. The topological polar surface area (TPSA) is 45.6 Å². The van der Waals surface area contributed by atoms with Gasteiger partial charge in [0, 0.05) is 31.5 Å². The number of hydrogen-bond donors (Lipinski definition) is 0. The highest BCUT2D eigenvalue weighted by molar-refractivity contribution is 5.96. The number of carbonyl (C=O) groups is 2. The van der Waals surface area contributed by atoms with Crippen LogP contribution < -0.4 is 0 Å². The van der Waals surface area contributed by atoms with Crippen molar-refractivity contribution in [3.05, 3.63) is 95.1 Å². The zero-order valence-corrected chi connectivity index (χ0v) is 21.0. The summed E-state index contributed by atoms with van der Waals surface area (Å²) in [4.78, 5) is 30.1. The van der Waals surface area contributed by atoms with Crippen molar-refractivity contribution in [2.45, 2.75) is 52.1 Å². The van der Waals surface area contributed by atoms with Gasteiger partial charge >= 0.3 is 0 Å². The van der Waals surface area contributed by atoms with Gasteiger partial charge in [-0.1, -0.05) is 64.1 Å². The molecule has 0 N–H and O–H groups in total. The molecule has 184 valence electrons. The number of aromatic nitrogens is 1. The van der Waals surface area contributed by atoms with Crippen LogP contribution in [0.2, 0.25) is 0 Å². The van der Waals surface area contributed by atoms with Gasteiger partial charge in [-0.2, -0.15) is 0 Å². The smallest absolute Gasteiger partial charge is 0.257 e. The molecule has 6 heteroatoms. The van der Waals surface area contributed by atoms with Crippen LogP contribution >= 0.6 is 0 Å². The first-order chi connectivity index (χ1) is 16.7. The molecule has 0 radical (unpaired) electrons. The zero-order valence-electron chi connectivity index (χ0n) is 21.0. The molecule has 4 rings (SSSR count). The summed E-state index contributed by atoms with van der Waals surface area (Å²) in [6.07, 6.45) is 2.72. The Kier molecular flexibility index (Phi) is 7.10. The fourth-order valence-electron chi connectivity index (χ4n) is 4.75. The van der Waals surface area contributed by atoms with E-state index in [9.17, 15) is 14.0 Å². The second-order valence-corrected chi connectivity index (χ2v) is 10.2. The molecule has 1 aliphatic heterocycles. The Hall–Kier alpha value is -3.41. The van der Waals surface area contributed by atoms with Gasteiger partial charge in [-0.3, -0.25) is 9.59 Å². The van der Waals surface area contributed by atoms with Crippen LogP contribution in [0.15, 0.2) is 66.9 Å². The minimum absolute atomic E-state index is 0.00408. The SMILES string of the molecule is CCCN(CC(=O)N1CCn2cccc2[C@H]1c1ccc(C(C)(C)C)cc1)C(=O)c1ccccc1F. The van der Waals surface area contributed by atoms with Crippen LogP contribution in [0.25, 0.3) is 0 Å². The Morgan fingerprint density at radius 2 is 1.71 bits per heavy atom.